The zero-order chi connectivity index (χ0) is 15.9. The minimum absolute atomic E-state index is 0.0280. The summed E-state index contributed by atoms with van der Waals surface area (Å²) >= 11 is 0. The molecule has 1 fully saturated rings. The van der Waals surface area contributed by atoms with Gasteiger partial charge in [0, 0.05) is 0 Å². The highest BCUT2D eigenvalue weighted by Crippen LogP contribution is 2.37. The van der Waals surface area contributed by atoms with Gasteiger partial charge < -0.3 is 15.2 Å². The van der Waals surface area contributed by atoms with Gasteiger partial charge in [-0.15, -0.1) is 0 Å². The molecule has 0 aliphatic carbocycles. The lowest BCUT2D eigenvalue weighted by Gasteiger charge is -2.48. The Labute approximate surface area is 123 Å². The van der Waals surface area contributed by atoms with Crippen molar-refractivity contribution in [1.82, 2.24) is 4.90 Å². The average Bonchev–Trinajstić information content (AvgIpc) is 2.42. The molecule has 0 unspecified atom stereocenters. The van der Waals surface area contributed by atoms with Crippen molar-refractivity contribution in [3.05, 3.63) is 11.3 Å². The van der Waals surface area contributed by atoms with Crippen LogP contribution in [0.15, 0.2) is 11.3 Å². The number of carbonyl (C=O) groups is 3. The van der Waals surface area contributed by atoms with Crippen molar-refractivity contribution in [2.45, 2.75) is 51.3 Å². The molecule has 0 bridgehead atoms. The topological polar surface area (TPSA) is 98.9 Å². The van der Waals surface area contributed by atoms with E-state index in [4.69, 9.17) is 15.2 Å². The number of nitrogens with two attached hydrogens (primary N) is 1. The fraction of sp³-hybridized carbons (Fsp3) is 0.643. The first kappa shape index (κ1) is 15.5. The Bertz CT molecular complexity index is 532. The lowest BCUT2D eigenvalue weighted by Crippen LogP contribution is -2.70. The molecule has 2 aliphatic rings. The van der Waals surface area contributed by atoms with Crippen LogP contribution < -0.4 is 5.73 Å². The number of fused-ring (bicyclic) bond motifs is 1. The number of nitrogens with zero attached hydrogens (tertiary/aromatic N) is 1. The van der Waals surface area contributed by atoms with Gasteiger partial charge in [-0.25, -0.2) is 9.59 Å². The molecule has 2 rings (SSSR count). The van der Waals surface area contributed by atoms with Crippen molar-refractivity contribution in [2.24, 2.45) is 5.73 Å². The minimum Gasteiger partial charge on any atom is -0.466 e. The van der Waals surface area contributed by atoms with Crippen LogP contribution in [0.4, 0.5) is 0 Å². The number of hydrogen-bond acceptors (Lipinski definition) is 6. The van der Waals surface area contributed by atoms with Crippen LogP contribution in [0.1, 0.15) is 33.6 Å². The maximum absolute atomic E-state index is 12.4. The summed E-state index contributed by atoms with van der Waals surface area (Å²) in [4.78, 5) is 37.4. The van der Waals surface area contributed by atoms with E-state index in [1.165, 1.54) is 12.0 Å². The predicted molar refractivity (Wildman–Crippen MR) is 72.7 cm³/mol. The fourth-order valence-electron chi connectivity index (χ4n) is 2.58. The van der Waals surface area contributed by atoms with Crippen LogP contribution in [0.5, 0.6) is 0 Å². The Morgan fingerprint density at radius 2 is 1.90 bits per heavy atom. The van der Waals surface area contributed by atoms with Crippen LogP contribution in [-0.4, -0.2) is 47.5 Å². The number of esters is 2. The standard InChI is InChI=1S/C14H20N2O5/c1-14(2,3)21-13(19)10-7(12(18)20-4)5-6-8-9(15)11(17)16(8)10/h8-9H,5-6,15H2,1-4H3/t8-,9+/m1/s1. The molecule has 0 aromatic rings. The predicted octanol–water partition coefficient (Wildman–Crippen LogP) is 0.0871. The molecule has 7 nitrogen and oxygen atoms in total. The molecular formula is C14H20N2O5. The van der Waals surface area contributed by atoms with E-state index in [0.717, 1.165) is 0 Å². The Kier molecular flexibility index (Phi) is 3.79. The summed E-state index contributed by atoms with van der Waals surface area (Å²) in [5, 5.41) is 0. The number of amides is 1. The van der Waals surface area contributed by atoms with Gasteiger partial charge in [-0.1, -0.05) is 0 Å². The zero-order valence-corrected chi connectivity index (χ0v) is 12.6. The molecule has 1 saturated heterocycles. The lowest BCUT2D eigenvalue weighted by molar-refractivity contribution is -0.161. The van der Waals surface area contributed by atoms with E-state index in [9.17, 15) is 14.4 Å². The molecule has 0 spiro atoms. The highest BCUT2D eigenvalue weighted by Gasteiger charge is 2.52. The molecule has 0 aromatic carbocycles. The molecule has 7 heteroatoms. The Balaban J connectivity index is 2.41. The Morgan fingerprint density at radius 3 is 2.43 bits per heavy atom. The van der Waals surface area contributed by atoms with Crippen molar-refractivity contribution >= 4 is 17.8 Å². The largest absolute Gasteiger partial charge is 0.466 e. The fourth-order valence-corrected chi connectivity index (χ4v) is 2.58. The monoisotopic (exact) mass is 296 g/mol. The van der Waals surface area contributed by atoms with Gasteiger partial charge in [-0.3, -0.25) is 9.69 Å². The third-order valence-electron chi connectivity index (χ3n) is 3.51. The second-order valence-electron chi connectivity index (χ2n) is 6.16. The first-order chi connectivity index (χ1) is 9.67. The summed E-state index contributed by atoms with van der Waals surface area (Å²) in [7, 11) is 1.23. The second-order valence-corrected chi connectivity index (χ2v) is 6.16. The summed E-state index contributed by atoms with van der Waals surface area (Å²) in [5.41, 5.74) is 5.15. The molecule has 0 aromatic heterocycles. The molecule has 1 amide bonds. The first-order valence-electron chi connectivity index (χ1n) is 6.81. The van der Waals surface area contributed by atoms with Crippen molar-refractivity contribution in [2.75, 3.05) is 7.11 Å². The van der Waals surface area contributed by atoms with E-state index < -0.39 is 23.6 Å². The van der Waals surface area contributed by atoms with Crippen molar-refractivity contribution < 1.29 is 23.9 Å². The van der Waals surface area contributed by atoms with Gasteiger partial charge in [0.05, 0.1) is 18.7 Å². The third kappa shape index (κ3) is 2.65. The Morgan fingerprint density at radius 1 is 1.29 bits per heavy atom. The van der Waals surface area contributed by atoms with E-state index in [2.05, 4.69) is 0 Å². The molecule has 116 valence electrons. The number of rotatable bonds is 2. The van der Waals surface area contributed by atoms with Gasteiger partial charge in [-0.05, 0) is 33.6 Å². The van der Waals surface area contributed by atoms with E-state index in [0.29, 0.717) is 12.8 Å². The molecule has 0 radical (unpaired) electrons. The SMILES string of the molecule is COC(=O)C1=C(C(=O)OC(C)(C)C)N2C(=O)[C@@H](N)[C@H]2CC1. The molecule has 21 heavy (non-hydrogen) atoms. The smallest absolute Gasteiger partial charge is 0.356 e. The van der Waals surface area contributed by atoms with Crippen LogP contribution in [0.25, 0.3) is 0 Å². The maximum atomic E-state index is 12.4. The van der Waals surface area contributed by atoms with Crippen molar-refractivity contribution in [3.8, 4) is 0 Å². The van der Waals surface area contributed by atoms with Gasteiger partial charge in [0.2, 0.25) is 5.91 Å². The van der Waals surface area contributed by atoms with Crippen LogP contribution in [0, 0.1) is 0 Å². The molecule has 2 atom stereocenters. The number of β-lactam (4-membered cyclic amide) rings is 1. The average molecular weight is 296 g/mol. The van der Waals surface area contributed by atoms with E-state index >= 15 is 0 Å². The summed E-state index contributed by atoms with van der Waals surface area (Å²) in [5.74, 6) is -1.70. The van der Waals surface area contributed by atoms with Gasteiger partial charge in [-0.2, -0.15) is 0 Å². The summed E-state index contributed by atoms with van der Waals surface area (Å²) in [6, 6.07) is -0.880. The van der Waals surface area contributed by atoms with Crippen LogP contribution in [0.3, 0.4) is 0 Å². The van der Waals surface area contributed by atoms with Gasteiger partial charge in [0.1, 0.15) is 17.3 Å². The summed E-state index contributed by atoms with van der Waals surface area (Å²) in [6.45, 7) is 5.15. The quantitative estimate of drug-likeness (QED) is 0.572. The number of hydrogen-bond donors (Lipinski definition) is 1. The summed E-state index contributed by atoms with van der Waals surface area (Å²) in [6.07, 6.45) is 0.868. The van der Waals surface area contributed by atoms with Gasteiger partial charge in [0.15, 0.2) is 0 Å². The number of ether oxygens (including phenoxy) is 2. The van der Waals surface area contributed by atoms with E-state index in [1.807, 2.05) is 0 Å². The van der Waals surface area contributed by atoms with Crippen LogP contribution in [-0.2, 0) is 23.9 Å². The molecular weight excluding hydrogens is 276 g/mol. The highest BCUT2D eigenvalue weighted by atomic mass is 16.6. The molecule has 2 aliphatic heterocycles. The van der Waals surface area contributed by atoms with Gasteiger partial charge in [0.25, 0.3) is 0 Å². The van der Waals surface area contributed by atoms with Gasteiger partial charge >= 0.3 is 11.9 Å². The third-order valence-corrected chi connectivity index (χ3v) is 3.51. The van der Waals surface area contributed by atoms with Crippen LogP contribution in [0.2, 0.25) is 0 Å². The molecule has 2 heterocycles. The number of methoxy groups -OCH3 is 1. The Hall–Kier alpha value is -1.89. The lowest BCUT2D eigenvalue weighted by atomic mass is 9.84. The van der Waals surface area contributed by atoms with Crippen molar-refractivity contribution in [1.29, 1.82) is 0 Å². The second kappa shape index (κ2) is 5.14. The van der Waals surface area contributed by atoms with Crippen molar-refractivity contribution in [3.63, 3.8) is 0 Å². The first-order valence-corrected chi connectivity index (χ1v) is 6.81. The molecule has 2 N–H and O–H groups in total. The van der Waals surface area contributed by atoms with E-state index in [1.54, 1.807) is 20.8 Å². The zero-order valence-electron chi connectivity index (χ0n) is 12.6. The molecule has 0 saturated carbocycles. The van der Waals surface area contributed by atoms with E-state index in [-0.39, 0.29) is 23.2 Å². The van der Waals surface area contributed by atoms with Crippen LogP contribution >= 0.6 is 0 Å². The summed E-state index contributed by atoms with van der Waals surface area (Å²) < 4.78 is 10.00. The number of carbonyl (C=O) groups excluding carboxylic acids is 3. The highest BCUT2D eigenvalue weighted by molar-refractivity contribution is 6.06. The maximum Gasteiger partial charge on any atom is 0.356 e. The minimum atomic E-state index is -0.728. The normalized spacial score (nSPS) is 25.2.